The van der Waals surface area contributed by atoms with Gasteiger partial charge in [-0.25, -0.2) is 9.78 Å². The van der Waals surface area contributed by atoms with Crippen molar-refractivity contribution in [3.8, 4) is 5.75 Å². The molecule has 0 atom stereocenters. The van der Waals surface area contributed by atoms with Crippen LogP contribution in [0.5, 0.6) is 5.75 Å². The number of hydrogen-bond donors (Lipinski definition) is 1. The molecule has 0 saturated heterocycles. The lowest BCUT2D eigenvalue weighted by Gasteiger charge is -2.12. The van der Waals surface area contributed by atoms with Crippen molar-refractivity contribution in [2.24, 2.45) is 0 Å². The summed E-state index contributed by atoms with van der Waals surface area (Å²) in [5.74, 6) is -0.148. The molecule has 0 aliphatic heterocycles. The fourth-order valence-corrected chi connectivity index (χ4v) is 2.55. The van der Waals surface area contributed by atoms with Crippen molar-refractivity contribution in [3.05, 3.63) is 52.8 Å². The number of amides is 1. The lowest BCUT2D eigenvalue weighted by molar-refractivity contribution is -0.149. The van der Waals surface area contributed by atoms with E-state index in [4.69, 9.17) is 21.1 Å². The van der Waals surface area contributed by atoms with Gasteiger partial charge in [-0.3, -0.25) is 4.79 Å². The zero-order valence-electron chi connectivity index (χ0n) is 14.9. The zero-order valence-corrected chi connectivity index (χ0v) is 15.7. The highest BCUT2D eigenvalue weighted by atomic mass is 35.5. The van der Waals surface area contributed by atoms with Crippen LogP contribution in [-0.2, 0) is 14.3 Å². The molecule has 1 amide bonds. The summed E-state index contributed by atoms with van der Waals surface area (Å²) in [5, 5.41) is 2.67. The van der Waals surface area contributed by atoms with Crippen molar-refractivity contribution in [2.75, 3.05) is 18.5 Å². The van der Waals surface area contributed by atoms with Crippen molar-refractivity contribution in [1.82, 2.24) is 4.98 Å². The second-order valence-electron chi connectivity index (χ2n) is 6.01. The number of hydrogen-bond acceptors (Lipinski definition) is 5. The summed E-state index contributed by atoms with van der Waals surface area (Å²) in [5.41, 5.74) is 2.68. The van der Waals surface area contributed by atoms with E-state index >= 15 is 0 Å². The molecule has 6 nitrogen and oxygen atoms in total. The number of nitrogens with zero attached hydrogens (tertiary/aromatic N) is 1. The SMILES string of the molecule is Cc1cc(OCC(=O)OCC(=O)Nc2cccnc2Cl)ccc1C(C)C. The Labute approximate surface area is 157 Å². The van der Waals surface area contributed by atoms with Gasteiger partial charge in [0, 0.05) is 6.20 Å². The summed E-state index contributed by atoms with van der Waals surface area (Å²) >= 11 is 5.84. The van der Waals surface area contributed by atoms with Crippen molar-refractivity contribution in [2.45, 2.75) is 26.7 Å². The van der Waals surface area contributed by atoms with Gasteiger partial charge in [0.2, 0.25) is 0 Å². The Morgan fingerprint density at radius 3 is 2.65 bits per heavy atom. The van der Waals surface area contributed by atoms with E-state index < -0.39 is 18.5 Å². The van der Waals surface area contributed by atoms with E-state index in [9.17, 15) is 9.59 Å². The summed E-state index contributed by atoms with van der Waals surface area (Å²) in [6.07, 6.45) is 1.50. The van der Waals surface area contributed by atoms with Crippen LogP contribution in [-0.4, -0.2) is 30.1 Å². The molecule has 1 N–H and O–H groups in total. The van der Waals surface area contributed by atoms with Crippen LogP contribution in [0.1, 0.15) is 30.9 Å². The van der Waals surface area contributed by atoms with Gasteiger partial charge in [0.25, 0.3) is 5.91 Å². The van der Waals surface area contributed by atoms with Gasteiger partial charge in [0.1, 0.15) is 5.75 Å². The average molecular weight is 377 g/mol. The number of benzene rings is 1. The summed E-state index contributed by atoms with van der Waals surface area (Å²) in [4.78, 5) is 27.3. The van der Waals surface area contributed by atoms with Crippen molar-refractivity contribution in [1.29, 1.82) is 0 Å². The van der Waals surface area contributed by atoms with E-state index in [-0.39, 0.29) is 11.8 Å². The van der Waals surface area contributed by atoms with Crippen molar-refractivity contribution < 1.29 is 19.1 Å². The van der Waals surface area contributed by atoms with Crippen molar-refractivity contribution in [3.63, 3.8) is 0 Å². The molecule has 0 radical (unpaired) electrons. The molecule has 0 spiro atoms. The number of aryl methyl sites for hydroxylation is 1. The van der Waals surface area contributed by atoms with Crippen LogP contribution >= 0.6 is 11.6 Å². The van der Waals surface area contributed by atoms with Crippen LogP contribution < -0.4 is 10.1 Å². The number of aromatic nitrogens is 1. The monoisotopic (exact) mass is 376 g/mol. The first kappa shape index (κ1) is 19.7. The van der Waals surface area contributed by atoms with Gasteiger partial charge in [-0.2, -0.15) is 0 Å². The van der Waals surface area contributed by atoms with Crippen LogP contribution in [0.2, 0.25) is 5.15 Å². The molecule has 2 aromatic rings. The standard InChI is InChI=1S/C19H21ClN2O4/c1-12(2)15-7-6-14(9-13(15)3)25-11-18(24)26-10-17(23)22-16-5-4-8-21-19(16)20/h4-9,12H,10-11H2,1-3H3,(H,22,23). The van der Waals surface area contributed by atoms with E-state index in [0.717, 1.165) is 5.56 Å². The molecule has 26 heavy (non-hydrogen) atoms. The summed E-state index contributed by atoms with van der Waals surface area (Å²) in [6.45, 7) is 5.52. The smallest absolute Gasteiger partial charge is 0.344 e. The number of halogens is 1. The Morgan fingerprint density at radius 1 is 1.23 bits per heavy atom. The molecule has 0 bridgehead atoms. The molecule has 2 rings (SSSR count). The van der Waals surface area contributed by atoms with E-state index in [0.29, 0.717) is 17.4 Å². The lowest BCUT2D eigenvalue weighted by atomic mass is 9.98. The fourth-order valence-electron chi connectivity index (χ4n) is 2.38. The second-order valence-corrected chi connectivity index (χ2v) is 6.37. The van der Waals surface area contributed by atoms with Gasteiger partial charge >= 0.3 is 5.97 Å². The predicted octanol–water partition coefficient (Wildman–Crippen LogP) is 3.73. The molecule has 0 saturated carbocycles. The molecule has 1 aromatic carbocycles. The topological polar surface area (TPSA) is 77.5 Å². The van der Waals surface area contributed by atoms with Gasteiger partial charge in [-0.15, -0.1) is 0 Å². The minimum Gasteiger partial charge on any atom is -0.482 e. The van der Waals surface area contributed by atoms with Gasteiger partial charge in [0.15, 0.2) is 18.4 Å². The maximum atomic E-state index is 11.8. The molecule has 138 valence electrons. The first-order valence-electron chi connectivity index (χ1n) is 8.16. The molecule has 7 heteroatoms. The molecular weight excluding hydrogens is 356 g/mol. The number of ether oxygens (including phenoxy) is 2. The van der Waals surface area contributed by atoms with Crippen LogP contribution in [0.15, 0.2) is 36.5 Å². The Hall–Kier alpha value is -2.60. The van der Waals surface area contributed by atoms with Crippen LogP contribution in [0.4, 0.5) is 5.69 Å². The number of nitrogens with one attached hydrogen (secondary N) is 1. The molecule has 1 heterocycles. The molecule has 0 aliphatic rings. The molecule has 0 aliphatic carbocycles. The minimum absolute atomic E-state index is 0.163. The third kappa shape index (κ3) is 5.74. The quantitative estimate of drug-likeness (QED) is 0.588. The highest BCUT2D eigenvalue weighted by Crippen LogP contribution is 2.23. The van der Waals surface area contributed by atoms with Gasteiger partial charge < -0.3 is 14.8 Å². The first-order chi connectivity index (χ1) is 12.4. The fraction of sp³-hybridized carbons (Fsp3) is 0.316. The third-order valence-electron chi connectivity index (χ3n) is 3.62. The number of rotatable bonds is 7. The van der Waals surface area contributed by atoms with Crippen molar-refractivity contribution >= 4 is 29.2 Å². The van der Waals surface area contributed by atoms with E-state index in [2.05, 4.69) is 24.1 Å². The van der Waals surface area contributed by atoms with E-state index in [1.807, 2.05) is 25.1 Å². The highest BCUT2D eigenvalue weighted by molar-refractivity contribution is 6.32. The highest BCUT2D eigenvalue weighted by Gasteiger charge is 2.11. The summed E-state index contributed by atoms with van der Waals surface area (Å²) in [6, 6.07) is 8.90. The Morgan fingerprint density at radius 2 is 2.00 bits per heavy atom. The number of pyridine rings is 1. The molecule has 0 fully saturated rings. The van der Waals surface area contributed by atoms with E-state index in [1.54, 1.807) is 12.1 Å². The normalized spacial score (nSPS) is 10.5. The van der Waals surface area contributed by atoms with Gasteiger partial charge in [-0.05, 0) is 48.2 Å². The molecular formula is C19H21ClN2O4. The predicted molar refractivity (Wildman–Crippen MR) is 99.6 cm³/mol. The maximum Gasteiger partial charge on any atom is 0.344 e. The second kappa shape index (κ2) is 9.20. The van der Waals surface area contributed by atoms with Crippen LogP contribution in [0, 0.1) is 6.92 Å². The third-order valence-corrected chi connectivity index (χ3v) is 3.92. The number of esters is 1. The Balaban J connectivity index is 1.78. The Kier molecular flexibility index (Phi) is 6.97. The van der Waals surface area contributed by atoms with Gasteiger partial charge in [0.05, 0.1) is 5.69 Å². The molecule has 0 unspecified atom stereocenters. The minimum atomic E-state index is -0.636. The largest absolute Gasteiger partial charge is 0.482 e. The summed E-state index contributed by atoms with van der Waals surface area (Å²) in [7, 11) is 0. The van der Waals surface area contributed by atoms with E-state index in [1.165, 1.54) is 11.8 Å². The summed E-state index contributed by atoms with van der Waals surface area (Å²) < 4.78 is 10.3. The Bertz CT molecular complexity index is 793. The average Bonchev–Trinajstić information content (AvgIpc) is 2.60. The van der Waals surface area contributed by atoms with Crippen LogP contribution in [0.3, 0.4) is 0 Å². The number of carbonyl (C=O) groups is 2. The number of carbonyl (C=O) groups excluding carboxylic acids is 2. The zero-order chi connectivity index (χ0) is 19.1. The lowest BCUT2D eigenvalue weighted by Crippen LogP contribution is -2.23. The maximum absolute atomic E-state index is 11.8. The number of anilines is 1. The van der Waals surface area contributed by atoms with Crippen LogP contribution in [0.25, 0.3) is 0 Å². The first-order valence-corrected chi connectivity index (χ1v) is 8.54. The molecule has 1 aromatic heterocycles. The van der Waals surface area contributed by atoms with Gasteiger partial charge in [-0.1, -0.05) is 31.5 Å².